The number of anilines is 1. The predicted octanol–water partition coefficient (Wildman–Crippen LogP) is -3.48. The maximum Gasteiger partial charge on any atom is 1.00 e. The van der Waals surface area contributed by atoms with Gasteiger partial charge in [0.2, 0.25) is 0 Å². The molecule has 0 spiro atoms. The standard InChI is InChI=1S/C8H10N2O2.Li/c1-10(2)7-3-4-9-5-6(7)8(11)12;/h3-5H,1-2H3,(H,11,12);/q;+1/p-1. The van der Waals surface area contributed by atoms with Crippen LogP contribution < -0.4 is 28.9 Å². The number of nitrogens with zero attached hydrogens (tertiary/aromatic N) is 2. The maximum absolute atomic E-state index is 10.5. The van der Waals surface area contributed by atoms with Gasteiger partial charge in [0, 0.05) is 37.7 Å². The first kappa shape index (κ1) is 12.0. The first-order valence-electron chi connectivity index (χ1n) is 3.45. The number of aromatic carboxylic acids is 1. The van der Waals surface area contributed by atoms with Crippen LogP contribution in [0.2, 0.25) is 0 Å². The summed E-state index contributed by atoms with van der Waals surface area (Å²) in [5, 5.41) is 10.5. The number of carbonyl (C=O) groups is 1. The van der Waals surface area contributed by atoms with Gasteiger partial charge in [0.25, 0.3) is 0 Å². The first-order valence-corrected chi connectivity index (χ1v) is 3.45. The molecule has 0 N–H and O–H groups in total. The van der Waals surface area contributed by atoms with Gasteiger partial charge in [-0.1, -0.05) is 0 Å². The molecular weight excluding hydrogens is 163 g/mol. The number of hydrogen-bond donors (Lipinski definition) is 0. The van der Waals surface area contributed by atoms with Gasteiger partial charge in [-0.3, -0.25) is 4.98 Å². The molecule has 1 aromatic rings. The molecule has 1 rings (SSSR count). The van der Waals surface area contributed by atoms with E-state index in [0.717, 1.165) is 0 Å². The van der Waals surface area contributed by atoms with Crippen LogP contribution in [0.3, 0.4) is 0 Å². The van der Waals surface area contributed by atoms with Crippen molar-refractivity contribution in [3.8, 4) is 0 Å². The third kappa shape index (κ3) is 2.76. The summed E-state index contributed by atoms with van der Waals surface area (Å²) < 4.78 is 0. The molecule has 0 aliphatic heterocycles. The predicted molar refractivity (Wildman–Crippen MR) is 42.9 cm³/mol. The summed E-state index contributed by atoms with van der Waals surface area (Å²) in [5.74, 6) is -1.20. The van der Waals surface area contributed by atoms with Gasteiger partial charge in [0.15, 0.2) is 0 Å². The minimum atomic E-state index is -1.20. The largest absolute Gasteiger partial charge is 1.00 e. The van der Waals surface area contributed by atoms with Crippen LogP contribution in [0.15, 0.2) is 18.5 Å². The van der Waals surface area contributed by atoms with Gasteiger partial charge in [0.05, 0.1) is 5.97 Å². The molecule has 0 unspecified atom stereocenters. The third-order valence-corrected chi connectivity index (χ3v) is 1.50. The van der Waals surface area contributed by atoms with Gasteiger partial charge in [-0.2, -0.15) is 0 Å². The van der Waals surface area contributed by atoms with Gasteiger partial charge in [-0.15, -0.1) is 0 Å². The summed E-state index contributed by atoms with van der Waals surface area (Å²) in [4.78, 5) is 16.0. The fraction of sp³-hybridized carbons (Fsp3) is 0.250. The van der Waals surface area contributed by atoms with Crippen molar-refractivity contribution in [2.24, 2.45) is 0 Å². The Kier molecular flexibility index (Phi) is 4.53. The Morgan fingerprint density at radius 1 is 1.54 bits per heavy atom. The Hall–Kier alpha value is -0.983. The second-order valence-corrected chi connectivity index (χ2v) is 2.57. The molecule has 5 heteroatoms. The van der Waals surface area contributed by atoms with Crippen molar-refractivity contribution in [1.29, 1.82) is 0 Å². The molecule has 0 atom stereocenters. The Morgan fingerprint density at radius 2 is 2.15 bits per heavy atom. The monoisotopic (exact) mass is 172 g/mol. The smallest absolute Gasteiger partial charge is 0.545 e. The topological polar surface area (TPSA) is 56.3 Å². The van der Waals surface area contributed by atoms with Crippen LogP contribution in [0.1, 0.15) is 10.4 Å². The number of carboxylic acid groups (broad SMARTS) is 1. The van der Waals surface area contributed by atoms with Crippen LogP contribution >= 0.6 is 0 Å². The van der Waals surface area contributed by atoms with Gasteiger partial charge in [0.1, 0.15) is 0 Å². The van der Waals surface area contributed by atoms with Gasteiger partial charge in [-0.05, 0) is 6.07 Å². The molecule has 0 aliphatic rings. The van der Waals surface area contributed by atoms with E-state index in [1.807, 2.05) is 0 Å². The Bertz CT molecular complexity index is 302. The van der Waals surface area contributed by atoms with Gasteiger partial charge < -0.3 is 14.8 Å². The molecule has 0 saturated heterocycles. The van der Waals surface area contributed by atoms with E-state index < -0.39 is 5.97 Å². The van der Waals surface area contributed by atoms with E-state index in [2.05, 4.69) is 4.98 Å². The minimum absolute atomic E-state index is 0. The molecule has 0 fully saturated rings. The molecule has 0 aliphatic carbocycles. The Morgan fingerprint density at radius 3 is 2.54 bits per heavy atom. The van der Waals surface area contributed by atoms with E-state index in [9.17, 15) is 9.90 Å². The van der Waals surface area contributed by atoms with Crippen molar-refractivity contribution in [3.63, 3.8) is 0 Å². The summed E-state index contributed by atoms with van der Waals surface area (Å²) in [6.45, 7) is 0. The third-order valence-electron chi connectivity index (χ3n) is 1.50. The molecular formula is C8H9LiN2O2. The molecule has 0 saturated carbocycles. The Labute approximate surface area is 88.8 Å². The first-order chi connectivity index (χ1) is 5.63. The van der Waals surface area contributed by atoms with Crippen LogP contribution in [-0.4, -0.2) is 25.0 Å². The van der Waals surface area contributed by atoms with Crippen LogP contribution in [-0.2, 0) is 0 Å². The maximum atomic E-state index is 10.5. The molecule has 0 radical (unpaired) electrons. The second kappa shape index (κ2) is 4.90. The van der Waals surface area contributed by atoms with Crippen molar-refractivity contribution >= 4 is 11.7 Å². The summed E-state index contributed by atoms with van der Waals surface area (Å²) in [7, 11) is 3.53. The number of hydrogen-bond acceptors (Lipinski definition) is 4. The van der Waals surface area contributed by atoms with E-state index in [1.54, 1.807) is 31.3 Å². The minimum Gasteiger partial charge on any atom is -0.545 e. The van der Waals surface area contributed by atoms with Crippen molar-refractivity contribution < 1.29 is 28.8 Å². The van der Waals surface area contributed by atoms with Crippen molar-refractivity contribution in [2.75, 3.05) is 19.0 Å². The molecule has 0 bridgehead atoms. The van der Waals surface area contributed by atoms with Gasteiger partial charge >= 0.3 is 18.9 Å². The van der Waals surface area contributed by atoms with Gasteiger partial charge in [-0.25, -0.2) is 0 Å². The molecule has 0 amide bonds. The zero-order valence-electron chi connectivity index (χ0n) is 7.94. The molecule has 1 aromatic heterocycles. The fourth-order valence-electron chi connectivity index (χ4n) is 0.934. The summed E-state index contributed by atoms with van der Waals surface area (Å²) in [5.41, 5.74) is 0.715. The second-order valence-electron chi connectivity index (χ2n) is 2.57. The summed E-state index contributed by atoms with van der Waals surface area (Å²) >= 11 is 0. The number of rotatable bonds is 2. The number of pyridine rings is 1. The normalized spacial score (nSPS) is 8.77. The summed E-state index contributed by atoms with van der Waals surface area (Å²) in [6, 6.07) is 1.63. The molecule has 64 valence electrons. The zero-order valence-corrected chi connectivity index (χ0v) is 7.94. The average Bonchev–Trinajstić information content (AvgIpc) is 2.04. The van der Waals surface area contributed by atoms with E-state index in [0.29, 0.717) is 5.69 Å². The van der Waals surface area contributed by atoms with Crippen molar-refractivity contribution in [1.82, 2.24) is 4.98 Å². The van der Waals surface area contributed by atoms with Crippen LogP contribution in [0.25, 0.3) is 0 Å². The van der Waals surface area contributed by atoms with Crippen molar-refractivity contribution in [2.45, 2.75) is 0 Å². The molecule has 13 heavy (non-hydrogen) atoms. The number of carboxylic acids is 1. The van der Waals surface area contributed by atoms with Crippen LogP contribution in [0.4, 0.5) is 5.69 Å². The number of aromatic nitrogens is 1. The molecule has 4 nitrogen and oxygen atoms in total. The average molecular weight is 172 g/mol. The SMILES string of the molecule is CN(C)c1ccncc1C(=O)[O-].[Li+]. The van der Waals surface area contributed by atoms with Crippen LogP contribution in [0.5, 0.6) is 0 Å². The van der Waals surface area contributed by atoms with E-state index in [1.165, 1.54) is 6.20 Å². The number of carbonyl (C=O) groups excluding carboxylic acids is 1. The summed E-state index contributed by atoms with van der Waals surface area (Å²) in [6.07, 6.45) is 2.83. The van der Waals surface area contributed by atoms with E-state index in [4.69, 9.17) is 0 Å². The zero-order chi connectivity index (χ0) is 9.14. The van der Waals surface area contributed by atoms with Crippen molar-refractivity contribution in [3.05, 3.63) is 24.0 Å². The fourth-order valence-corrected chi connectivity index (χ4v) is 0.934. The molecule has 1 heterocycles. The Balaban J connectivity index is 0.00000144. The van der Waals surface area contributed by atoms with E-state index >= 15 is 0 Å². The molecule has 0 aromatic carbocycles. The van der Waals surface area contributed by atoms with Crippen LogP contribution in [0, 0.1) is 0 Å². The van der Waals surface area contributed by atoms with E-state index in [-0.39, 0.29) is 24.4 Å². The quantitative estimate of drug-likeness (QED) is 0.435.